The van der Waals surface area contributed by atoms with E-state index >= 15 is 0 Å². The molecule has 1 aliphatic carbocycles. The molecule has 1 atom stereocenters. The van der Waals surface area contributed by atoms with Crippen molar-refractivity contribution in [2.24, 2.45) is 5.92 Å². The third-order valence-electron chi connectivity index (χ3n) is 7.44. The van der Waals surface area contributed by atoms with Crippen molar-refractivity contribution in [3.63, 3.8) is 0 Å². The molecule has 3 amide bonds. The third kappa shape index (κ3) is 9.20. The molecule has 1 aromatic heterocycles. The summed E-state index contributed by atoms with van der Waals surface area (Å²) in [5.41, 5.74) is 2.36. The van der Waals surface area contributed by atoms with Gasteiger partial charge in [-0.25, -0.2) is 9.78 Å². The van der Waals surface area contributed by atoms with Crippen molar-refractivity contribution in [3.8, 4) is 0 Å². The largest absolute Gasteiger partial charge is 0.445 e. The summed E-state index contributed by atoms with van der Waals surface area (Å²) in [5.74, 6) is -0.136. The van der Waals surface area contributed by atoms with Gasteiger partial charge in [-0.1, -0.05) is 74.7 Å². The number of H-pyrrole nitrogens is 1. The molecule has 0 spiro atoms. The van der Waals surface area contributed by atoms with Crippen LogP contribution in [0.2, 0.25) is 0 Å². The van der Waals surface area contributed by atoms with Gasteiger partial charge in [-0.15, -0.1) is 0 Å². The Bertz CT molecular complexity index is 1210. The van der Waals surface area contributed by atoms with E-state index in [0.717, 1.165) is 43.4 Å². The molecule has 3 aromatic rings. The lowest BCUT2D eigenvalue weighted by atomic mass is 9.88. The molecular weight excluding hydrogens is 518 g/mol. The minimum absolute atomic E-state index is 0.0650. The number of hydrogen-bond donors (Lipinski definition) is 2. The van der Waals surface area contributed by atoms with Gasteiger partial charge in [0.1, 0.15) is 19.2 Å². The lowest BCUT2D eigenvalue weighted by molar-refractivity contribution is -0.137. The number of rotatable bonds is 13. The maximum atomic E-state index is 14.2. The number of carbonyl (C=O) groups is 3. The average molecular weight is 560 g/mol. The van der Waals surface area contributed by atoms with Gasteiger partial charge in [0, 0.05) is 37.1 Å². The maximum Gasteiger partial charge on any atom is 0.408 e. The highest BCUT2D eigenvalue weighted by Crippen LogP contribution is 2.25. The predicted molar refractivity (Wildman–Crippen MR) is 158 cm³/mol. The molecule has 1 unspecified atom stereocenters. The molecule has 218 valence electrons. The number of benzene rings is 2. The van der Waals surface area contributed by atoms with Crippen LogP contribution in [-0.4, -0.2) is 58.5 Å². The van der Waals surface area contributed by atoms with Crippen LogP contribution >= 0.6 is 0 Å². The molecular formula is C32H41N5O4. The topological polar surface area (TPSA) is 108 Å². The van der Waals surface area contributed by atoms with Crippen LogP contribution in [-0.2, 0) is 27.4 Å². The Labute approximate surface area is 242 Å². The molecule has 1 fully saturated rings. The fourth-order valence-electron chi connectivity index (χ4n) is 5.34. The summed E-state index contributed by atoms with van der Waals surface area (Å²) < 4.78 is 5.44. The smallest absolute Gasteiger partial charge is 0.408 e. The molecule has 1 aliphatic rings. The Morgan fingerprint density at radius 3 is 2.39 bits per heavy atom. The van der Waals surface area contributed by atoms with Gasteiger partial charge in [-0.2, -0.15) is 0 Å². The van der Waals surface area contributed by atoms with E-state index in [4.69, 9.17) is 4.74 Å². The number of imidazole rings is 1. The van der Waals surface area contributed by atoms with E-state index in [1.54, 1.807) is 16.0 Å². The number of para-hydroxylation sites is 1. The second-order valence-corrected chi connectivity index (χ2v) is 10.6. The normalized spacial score (nSPS) is 14.2. The van der Waals surface area contributed by atoms with Crippen LogP contribution in [0.15, 0.2) is 73.2 Å². The fraction of sp³-hybridized carbons (Fsp3) is 0.438. The summed E-state index contributed by atoms with van der Waals surface area (Å²) in [6.45, 7) is 3.07. The zero-order valence-corrected chi connectivity index (χ0v) is 23.8. The number of nitrogens with one attached hydrogen (secondary N) is 2. The number of anilines is 1. The van der Waals surface area contributed by atoms with Gasteiger partial charge in [-0.3, -0.25) is 9.59 Å². The quantitative estimate of drug-likeness (QED) is 0.303. The Hall–Kier alpha value is -4.14. The molecule has 9 nitrogen and oxygen atoms in total. The molecule has 0 bridgehead atoms. The van der Waals surface area contributed by atoms with Crippen molar-refractivity contribution < 1.29 is 19.1 Å². The zero-order chi connectivity index (χ0) is 28.9. The summed E-state index contributed by atoms with van der Waals surface area (Å²) >= 11 is 0. The minimum atomic E-state index is -0.925. The van der Waals surface area contributed by atoms with Crippen LogP contribution in [0.5, 0.6) is 0 Å². The summed E-state index contributed by atoms with van der Waals surface area (Å²) in [5, 5.41) is 2.78. The SMILES string of the molecule is CCCN(C(=O)CN(CC1CCCCC1)C(=O)C(Cc1cnc[nH]1)NC(=O)OCc1ccccc1)c1ccccc1. The number of carbonyl (C=O) groups excluding carboxylic acids is 3. The van der Waals surface area contributed by atoms with Crippen molar-refractivity contribution in [3.05, 3.63) is 84.4 Å². The minimum Gasteiger partial charge on any atom is -0.445 e. The van der Waals surface area contributed by atoms with Crippen LogP contribution in [0.25, 0.3) is 0 Å². The Balaban J connectivity index is 1.53. The van der Waals surface area contributed by atoms with E-state index in [1.165, 1.54) is 12.7 Å². The molecule has 0 saturated heterocycles. The van der Waals surface area contributed by atoms with Crippen molar-refractivity contribution in [2.75, 3.05) is 24.5 Å². The Morgan fingerprint density at radius 2 is 1.73 bits per heavy atom. The monoisotopic (exact) mass is 559 g/mol. The molecule has 41 heavy (non-hydrogen) atoms. The molecule has 4 rings (SSSR count). The summed E-state index contributed by atoms with van der Waals surface area (Å²) in [7, 11) is 0. The van der Waals surface area contributed by atoms with Crippen LogP contribution in [0.3, 0.4) is 0 Å². The van der Waals surface area contributed by atoms with Crippen LogP contribution < -0.4 is 10.2 Å². The second kappa shape index (κ2) is 15.6. The Morgan fingerprint density at radius 1 is 1.02 bits per heavy atom. The molecule has 0 aliphatic heterocycles. The van der Waals surface area contributed by atoms with Crippen LogP contribution in [0.1, 0.15) is 56.7 Å². The number of ether oxygens (including phenoxy) is 1. The highest BCUT2D eigenvalue weighted by molar-refractivity contribution is 5.97. The van der Waals surface area contributed by atoms with E-state index in [9.17, 15) is 14.4 Å². The number of aromatic amines is 1. The molecule has 2 N–H and O–H groups in total. The zero-order valence-electron chi connectivity index (χ0n) is 23.8. The summed E-state index contributed by atoms with van der Waals surface area (Å²) in [6, 6.07) is 18.0. The lowest BCUT2D eigenvalue weighted by Gasteiger charge is -2.33. The standard InChI is InChI=1S/C32H41N5O4/c1-2-18-37(28-16-10-5-11-17-28)30(38)22-36(21-25-12-6-3-7-13-25)31(39)29(19-27-20-33-24-34-27)35-32(40)41-23-26-14-8-4-9-15-26/h4-5,8-11,14-17,20,24-25,29H,2-3,6-7,12-13,18-19,21-23H2,1H3,(H,33,34)(H,35,40). The summed E-state index contributed by atoms with van der Waals surface area (Å²) in [4.78, 5) is 51.2. The van der Waals surface area contributed by atoms with Gasteiger partial charge in [0.25, 0.3) is 0 Å². The van der Waals surface area contributed by atoms with Gasteiger partial charge < -0.3 is 24.8 Å². The number of nitrogens with zero attached hydrogens (tertiary/aromatic N) is 3. The van der Waals surface area contributed by atoms with Crippen molar-refractivity contribution >= 4 is 23.6 Å². The van der Waals surface area contributed by atoms with E-state index in [1.807, 2.05) is 67.6 Å². The highest BCUT2D eigenvalue weighted by Gasteiger charge is 2.32. The predicted octanol–water partition coefficient (Wildman–Crippen LogP) is 5.10. The molecule has 9 heteroatoms. The number of aromatic nitrogens is 2. The molecule has 1 heterocycles. The van der Waals surface area contributed by atoms with Crippen LogP contribution in [0, 0.1) is 5.92 Å². The van der Waals surface area contributed by atoms with Crippen LogP contribution in [0.4, 0.5) is 10.5 Å². The first kappa shape index (κ1) is 29.8. The number of amides is 3. The van der Waals surface area contributed by atoms with Gasteiger partial charge in [-0.05, 0) is 42.9 Å². The van der Waals surface area contributed by atoms with Crippen molar-refractivity contribution in [1.82, 2.24) is 20.2 Å². The first-order chi connectivity index (χ1) is 20.0. The Kier molecular flexibility index (Phi) is 11.3. The fourth-order valence-corrected chi connectivity index (χ4v) is 5.34. The average Bonchev–Trinajstić information content (AvgIpc) is 3.52. The number of alkyl carbamates (subject to hydrolysis) is 1. The number of hydrogen-bond acceptors (Lipinski definition) is 5. The molecule has 2 aromatic carbocycles. The lowest BCUT2D eigenvalue weighted by Crippen LogP contribution is -2.53. The van der Waals surface area contributed by atoms with Gasteiger partial charge in [0.05, 0.1) is 6.33 Å². The van der Waals surface area contributed by atoms with E-state index < -0.39 is 12.1 Å². The second-order valence-electron chi connectivity index (χ2n) is 10.6. The molecule has 1 saturated carbocycles. The van der Waals surface area contributed by atoms with Crippen molar-refractivity contribution in [1.29, 1.82) is 0 Å². The van der Waals surface area contributed by atoms with E-state index in [-0.39, 0.29) is 31.4 Å². The van der Waals surface area contributed by atoms with E-state index in [0.29, 0.717) is 24.7 Å². The summed E-state index contributed by atoms with van der Waals surface area (Å²) in [6.07, 6.45) is 8.94. The van der Waals surface area contributed by atoms with Gasteiger partial charge >= 0.3 is 6.09 Å². The first-order valence-electron chi connectivity index (χ1n) is 14.6. The third-order valence-corrected chi connectivity index (χ3v) is 7.44. The first-order valence-corrected chi connectivity index (χ1v) is 14.6. The van der Waals surface area contributed by atoms with Gasteiger partial charge in [0.15, 0.2) is 0 Å². The maximum absolute atomic E-state index is 14.2. The van der Waals surface area contributed by atoms with E-state index in [2.05, 4.69) is 15.3 Å². The molecule has 0 radical (unpaired) electrons. The van der Waals surface area contributed by atoms with Gasteiger partial charge in [0.2, 0.25) is 11.8 Å². The van der Waals surface area contributed by atoms with Crippen molar-refractivity contribution in [2.45, 2.75) is 64.5 Å². The highest BCUT2D eigenvalue weighted by atomic mass is 16.5.